The average molecular weight is 244 g/mol. The van der Waals surface area contributed by atoms with E-state index >= 15 is 0 Å². The lowest BCUT2D eigenvalue weighted by atomic mass is 9.75. The third-order valence-electron chi connectivity index (χ3n) is 3.13. The highest BCUT2D eigenvalue weighted by Gasteiger charge is 2.39. The molecule has 1 rings (SSSR count). The zero-order valence-electron chi connectivity index (χ0n) is 9.84. The summed E-state index contributed by atoms with van der Waals surface area (Å²) in [5, 5.41) is 8.98. The Morgan fingerprint density at radius 1 is 0.882 bits per heavy atom. The molecule has 0 aliphatic heterocycles. The van der Waals surface area contributed by atoms with Crippen LogP contribution in [-0.4, -0.2) is 37.2 Å². The third kappa shape index (κ3) is 3.18. The lowest BCUT2D eigenvalue weighted by molar-refractivity contribution is -0.156. The first-order chi connectivity index (χ1) is 7.99. The van der Waals surface area contributed by atoms with E-state index in [1.165, 1.54) is 14.2 Å². The molecule has 6 nitrogen and oxygen atoms in total. The van der Waals surface area contributed by atoms with E-state index in [4.69, 9.17) is 5.11 Å². The van der Waals surface area contributed by atoms with Crippen molar-refractivity contribution in [3.63, 3.8) is 0 Å². The molecule has 17 heavy (non-hydrogen) atoms. The van der Waals surface area contributed by atoms with Gasteiger partial charge in [0.15, 0.2) is 0 Å². The summed E-state index contributed by atoms with van der Waals surface area (Å²) in [5.74, 6) is -3.71. The van der Waals surface area contributed by atoms with E-state index in [2.05, 4.69) is 9.47 Å². The summed E-state index contributed by atoms with van der Waals surface area (Å²) < 4.78 is 9.19. The first-order valence-electron chi connectivity index (χ1n) is 5.38. The van der Waals surface area contributed by atoms with Crippen molar-refractivity contribution >= 4 is 17.9 Å². The number of ether oxygens (including phenoxy) is 2. The Labute approximate surface area is 98.9 Å². The van der Waals surface area contributed by atoms with E-state index in [0.29, 0.717) is 6.42 Å². The smallest absolute Gasteiger partial charge is 0.308 e. The number of carbonyl (C=O) groups is 3. The minimum absolute atomic E-state index is 0.218. The number of methoxy groups -OCH3 is 2. The first kappa shape index (κ1) is 13.5. The molecular formula is C11H16O6. The van der Waals surface area contributed by atoms with Crippen molar-refractivity contribution in [1.82, 2.24) is 0 Å². The predicted octanol–water partition coefficient (Wildman–Crippen LogP) is 0.449. The van der Waals surface area contributed by atoms with Gasteiger partial charge in [0.2, 0.25) is 0 Å². The Hall–Kier alpha value is -1.59. The molecule has 0 bridgehead atoms. The summed E-state index contributed by atoms with van der Waals surface area (Å²) in [7, 11) is 2.50. The van der Waals surface area contributed by atoms with Crippen molar-refractivity contribution in [2.75, 3.05) is 14.2 Å². The molecule has 0 saturated heterocycles. The first-order valence-corrected chi connectivity index (χ1v) is 5.38. The van der Waals surface area contributed by atoms with Crippen molar-refractivity contribution in [1.29, 1.82) is 0 Å². The van der Waals surface area contributed by atoms with Gasteiger partial charge in [0.1, 0.15) is 0 Å². The second kappa shape index (κ2) is 5.65. The Kier molecular flexibility index (Phi) is 4.48. The van der Waals surface area contributed by atoms with Crippen molar-refractivity contribution in [2.24, 2.45) is 17.8 Å². The zero-order chi connectivity index (χ0) is 13.0. The van der Waals surface area contributed by atoms with Crippen LogP contribution in [0.1, 0.15) is 19.3 Å². The molecule has 0 aromatic heterocycles. The number of hydrogen-bond acceptors (Lipinski definition) is 5. The lowest BCUT2D eigenvalue weighted by Gasteiger charge is -2.29. The van der Waals surface area contributed by atoms with Gasteiger partial charge >= 0.3 is 17.9 Å². The van der Waals surface area contributed by atoms with Gasteiger partial charge in [-0.2, -0.15) is 0 Å². The molecule has 2 unspecified atom stereocenters. The van der Waals surface area contributed by atoms with Crippen molar-refractivity contribution in [3.8, 4) is 0 Å². The quantitative estimate of drug-likeness (QED) is 0.725. The van der Waals surface area contributed by atoms with E-state index in [1.807, 2.05) is 0 Å². The highest BCUT2D eigenvalue weighted by atomic mass is 16.5. The van der Waals surface area contributed by atoms with Crippen LogP contribution in [0.15, 0.2) is 0 Å². The molecule has 1 fully saturated rings. The number of carboxylic acids is 1. The van der Waals surface area contributed by atoms with Crippen LogP contribution in [-0.2, 0) is 23.9 Å². The number of hydrogen-bond donors (Lipinski definition) is 1. The fraction of sp³-hybridized carbons (Fsp3) is 0.727. The van der Waals surface area contributed by atoms with Gasteiger partial charge in [0.05, 0.1) is 32.0 Å². The average Bonchev–Trinajstić information content (AvgIpc) is 2.36. The molecule has 1 saturated carbocycles. The monoisotopic (exact) mass is 244 g/mol. The van der Waals surface area contributed by atoms with Crippen LogP contribution in [0.5, 0.6) is 0 Å². The van der Waals surface area contributed by atoms with Gasteiger partial charge in [-0.05, 0) is 19.3 Å². The molecule has 1 aliphatic carbocycles. The maximum atomic E-state index is 11.4. The second-order valence-electron chi connectivity index (χ2n) is 4.18. The molecule has 1 aliphatic rings. The Morgan fingerprint density at radius 2 is 1.24 bits per heavy atom. The SMILES string of the molecule is COC(=O)C1CC(C(=O)O)CC(C(=O)OC)C1. The highest BCUT2D eigenvalue weighted by molar-refractivity contribution is 5.79. The van der Waals surface area contributed by atoms with Gasteiger partial charge in [-0.3, -0.25) is 14.4 Å². The van der Waals surface area contributed by atoms with Crippen molar-refractivity contribution < 1.29 is 29.0 Å². The molecule has 0 aromatic carbocycles. The van der Waals surface area contributed by atoms with Gasteiger partial charge in [0.25, 0.3) is 0 Å². The van der Waals surface area contributed by atoms with Crippen LogP contribution in [0.3, 0.4) is 0 Å². The molecule has 0 radical (unpaired) electrons. The van der Waals surface area contributed by atoms with Crippen LogP contribution in [0.25, 0.3) is 0 Å². The topological polar surface area (TPSA) is 89.9 Å². The number of rotatable bonds is 3. The van der Waals surface area contributed by atoms with Gasteiger partial charge in [-0.25, -0.2) is 0 Å². The number of carbonyl (C=O) groups excluding carboxylic acids is 2. The van der Waals surface area contributed by atoms with Gasteiger partial charge < -0.3 is 14.6 Å². The number of aliphatic carboxylic acids is 1. The predicted molar refractivity (Wildman–Crippen MR) is 56.0 cm³/mol. The highest BCUT2D eigenvalue weighted by Crippen LogP contribution is 2.34. The zero-order valence-corrected chi connectivity index (χ0v) is 9.84. The maximum Gasteiger partial charge on any atom is 0.308 e. The number of carboxylic acid groups (broad SMARTS) is 1. The van der Waals surface area contributed by atoms with Crippen LogP contribution in [0.2, 0.25) is 0 Å². The molecule has 0 amide bonds. The Bertz CT molecular complexity index is 300. The molecular weight excluding hydrogens is 228 g/mol. The van der Waals surface area contributed by atoms with Crippen LogP contribution in [0.4, 0.5) is 0 Å². The molecule has 96 valence electrons. The lowest BCUT2D eigenvalue weighted by Crippen LogP contribution is -2.35. The van der Waals surface area contributed by atoms with Gasteiger partial charge in [-0.1, -0.05) is 0 Å². The van der Waals surface area contributed by atoms with E-state index in [9.17, 15) is 14.4 Å². The standard InChI is InChI=1S/C11H16O6/c1-16-10(14)7-3-6(9(12)13)4-8(5-7)11(15)17-2/h6-8H,3-5H2,1-2H3,(H,12,13). The van der Waals surface area contributed by atoms with Crippen molar-refractivity contribution in [3.05, 3.63) is 0 Å². The van der Waals surface area contributed by atoms with Crippen LogP contribution < -0.4 is 0 Å². The van der Waals surface area contributed by atoms with Gasteiger partial charge in [-0.15, -0.1) is 0 Å². The van der Waals surface area contributed by atoms with Crippen LogP contribution >= 0.6 is 0 Å². The minimum atomic E-state index is -0.993. The summed E-state index contributed by atoms with van der Waals surface area (Å²) in [5.41, 5.74) is 0. The van der Waals surface area contributed by atoms with E-state index in [1.54, 1.807) is 0 Å². The molecule has 0 spiro atoms. The van der Waals surface area contributed by atoms with Crippen LogP contribution in [0, 0.1) is 17.8 Å². The normalized spacial score (nSPS) is 28.2. The molecule has 0 heterocycles. The van der Waals surface area contributed by atoms with E-state index in [0.717, 1.165) is 0 Å². The Balaban J connectivity index is 2.79. The van der Waals surface area contributed by atoms with E-state index in [-0.39, 0.29) is 12.8 Å². The molecule has 2 atom stereocenters. The second-order valence-corrected chi connectivity index (χ2v) is 4.18. The fourth-order valence-electron chi connectivity index (χ4n) is 2.24. The summed E-state index contributed by atoms with van der Waals surface area (Å²) in [6.07, 6.45) is 0.730. The molecule has 0 aromatic rings. The maximum absolute atomic E-state index is 11.4. The minimum Gasteiger partial charge on any atom is -0.481 e. The van der Waals surface area contributed by atoms with E-state index < -0.39 is 35.7 Å². The number of esters is 2. The Morgan fingerprint density at radius 3 is 1.53 bits per heavy atom. The molecule has 6 heteroatoms. The molecule has 1 N–H and O–H groups in total. The van der Waals surface area contributed by atoms with Gasteiger partial charge in [0, 0.05) is 0 Å². The fourth-order valence-corrected chi connectivity index (χ4v) is 2.24. The third-order valence-corrected chi connectivity index (χ3v) is 3.13. The largest absolute Gasteiger partial charge is 0.481 e. The summed E-state index contributed by atoms with van der Waals surface area (Å²) in [6.45, 7) is 0. The van der Waals surface area contributed by atoms with Crippen molar-refractivity contribution in [2.45, 2.75) is 19.3 Å². The summed E-state index contributed by atoms with van der Waals surface area (Å²) in [4.78, 5) is 33.8. The summed E-state index contributed by atoms with van der Waals surface area (Å²) >= 11 is 0. The summed E-state index contributed by atoms with van der Waals surface area (Å²) in [6, 6.07) is 0.